The third kappa shape index (κ3) is 3.89. The fourth-order valence-corrected chi connectivity index (χ4v) is 3.73. The van der Waals surface area contributed by atoms with Crippen molar-refractivity contribution in [3.05, 3.63) is 16.0 Å². The number of carbonyl (C=O) groups excluding carboxylic acids is 3. The Kier molecular flexibility index (Phi) is 5.73. The Morgan fingerprint density at radius 2 is 1.96 bits per heavy atom. The van der Waals surface area contributed by atoms with Crippen molar-refractivity contribution in [3.8, 4) is 0 Å². The third-order valence-corrected chi connectivity index (χ3v) is 4.58. The molecule has 0 saturated carbocycles. The molecule has 0 fully saturated rings. The van der Waals surface area contributed by atoms with Gasteiger partial charge in [0.05, 0.1) is 24.9 Å². The van der Waals surface area contributed by atoms with Gasteiger partial charge in [0, 0.05) is 11.3 Å². The molecule has 0 bridgehead atoms. The van der Waals surface area contributed by atoms with Gasteiger partial charge >= 0.3 is 17.8 Å². The Bertz CT molecular complexity index is 624. The molecule has 1 heterocycles. The highest BCUT2D eigenvalue weighted by molar-refractivity contribution is 7.17. The quantitative estimate of drug-likeness (QED) is 0.632. The van der Waals surface area contributed by atoms with Crippen LogP contribution in [0.15, 0.2) is 0 Å². The number of ether oxygens (including phenoxy) is 2. The van der Waals surface area contributed by atoms with Crippen LogP contribution in [0, 0.1) is 0 Å². The second-order valence-electron chi connectivity index (χ2n) is 5.00. The number of esters is 2. The average Bonchev–Trinajstić information content (AvgIpc) is 2.84. The first kappa shape index (κ1) is 17.4. The molecule has 1 unspecified atom stereocenters. The Labute approximate surface area is 137 Å². The largest absolute Gasteiger partial charge is 0.462 e. The second kappa shape index (κ2) is 7.56. The topological polar surface area (TPSA) is 102 Å². The lowest BCUT2D eigenvalue weighted by Crippen LogP contribution is -2.25. The monoisotopic (exact) mass is 341 g/mol. The highest BCUT2D eigenvalue weighted by Gasteiger charge is 2.30. The predicted molar refractivity (Wildman–Crippen MR) is 83.6 cm³/mol. The Balaban J connectivity index is 2.32. The number of carbonyl (C=O) groups is 3. The van der Waals surface area contributed by atoms with Crippen LogP contribution in [0.1, 0.15) is 41.1 Å². The van der Waals surface area contributed by atoms with Crippen LogP contribution in [0.25, 0.3) is 0 Å². The van der Waals surface area contributed by atoms with E-state index in [0.29, 0.717) is 19.3 Å². The molecule has 1 aromatic heterocycles. The summed E-state index contributed by atoms with van der Waals surface area (Å²) in [5.74, 6) is -2.48. The number of amides is 1. The van der Waals surface area contributed by atoms with Crippen LogP contribution in [0.4, 0.5) is 5.00 Å². The molecule has 1 aromatic rings. The van der Waals surface area contributed by atoms with Gasteiger partial charge in [0.1, 0.15) is 5.00 Å². The van der Waals surface area contributed by atoms with Crippen LogP contribution in [0.5, 0.6) is 0 Å². The van der Waals surface area contributed by atoms with Gasteiger partial charge in [-0.1, -0.05) is 0 Å². The van der Waals surface area contributed by atoms with E-state index in [1.54, 1.807) is 13.8 Å². The normalized spacial score (nSPS) is 16.4. The van der Waals surface area contributed by atoms with Crippen LogP contribution < -0.4 is 5.32 Å². The first-order chi connectivity index (χ1) is 11.0. The molecular formula is C15H19NO6S. The molecule has 0 aromatic carbocycles. The summed E-state index contributed by atoms with van der Waals surface area (Å²) in [6, 6.07) is 0. The lowest BCUT2D eigenvalue weighted by atomic mass is 9.93. The van der Waals surface area contributed by atoms with Gasteiger partial charge in [-0.05, 0) is 32.3 Å². The molecular weight excluding hydrogens is 322 g/mol. The van der Waals surface area contributed by atoms with E-state index < -0.39 is 23.9 Å². The fourth-order valence-electron chi connectivity index (χ4n) is 2.43. The van der Waals surface area contributed by atoms with Gasteiger partial charge in [-0.15, -0.1) is 11.3 Å². The van der Waals surface area contributed by atoms with Gasteiger partial charge < -0.3 is 19.9 Å². The van der Waals surface area contributed by atoms with E-state index >= 15 is 0 Å². The maximum atomic E-state index is 12.2. The van der Waals surface area contributed by atoms with Crippen LogP contribution in [-0.4, -0.2) is 42.3 Å². The molecule has 23 heavy (non-hydrogen) atoms. The van der Waals surface area contributed by atoms with Crippen molar-refractivity contribution in [3.63, 3.8) is 0 Å². The minimum Gasteiger partial charge on any atom is -0.462 e. The lowest BCUT2D eigenvalue weighted by Gasteiger charge is -2.17. The van der Waals surface area contributed by atoms with E-state index in [-0.39, 0.29) is 23.8 Å². The number of aliphatic hydroxyl groups is 1. The predicted octanol–water partition coefficient (Wildman–Crippen LogP) is 1.28. The minimum absolute atomic E-state index is 0.0874. The van der Waals surface area contributed by atoms with Gasteiger partial charge in [0.2, 0.25) is 0 Å². The van der Waals surface area contributed by atoms with Gasteiger partial charge in [-0.25, -0.2) is 9.59 Å². The molecule has 8 heteroatoms. The van der Waals surface area contributed by atoms with Crippen molar-refractivity contribution in [2.24, 2.45) is 0 Å². The Hall–Kier alpha value is -1.93. The first-order valence-electron chi connectivity index (χ1n) is 7.45. The maximum absolute atomic E-state index is 12.2. The van der Waals surface area contributed by atoms with Crippen molar-refractivity contribution in [2.45, 2.75) is 39.2 Å². The number of hydrogen-bond acceptors (Lipinski definition) is 7. The van der Waals surface area contributed by atoms with E-state index in [0.717, 1.165) is 10.4 Å². The summed E-state index contributed by atoms with van der Waals surface area (Å²) in [5.41, 5.74) is 1.05. The number of rotatable bonds is 4. The number of aliphatic hydroxyl groups excluding tert-OH is 1. The van der Waals surface area contributed by atoms with E-state index in [1.165, 1.54) is 11.3 Å². The summed E-state index contributed by atoms with van der Waals surface area (Å²) in [6.45, 7) is 3.58. The molecule has 0 saturated heterocycles. The smallest absolute Gasteiger partial charge is 0.397 e. The van der Waals surface area contributed by atoms with E-state index in [2.05, 4.69) is 10.1 Å². The summed E-state index contributed by atoms with van der Waals surface area (Å²) in [5, 5.41) is 12.5. The third-order valence-electron chi connectivity index (χ3n) is 3.41. The molecule has 1 aliphatic rings. The molecule has 0 radical (unpaired) electrons. The maximum Gasteiger partial charge on any atom is 0.397 e. The summed E-state index contributed by atoms with van der Waals surface area (Å²) >= 11 is 1.18. The zero-order valence-electron chi connectivity index (χ0n) is 13.0. The summed E-state index contributed by atoms with van der Waals surface area (Å²) < 4.78 is 9.69. The molecule has 1 atom stereocenters. The van der Waals surface area contributed by atoms with Gasteiger partial charge in [-0.3, -0.25) is 4.79 Å². The molecule has 0 aliphatic heterocycles. The summed E-state index contributed by atoms with van der Waals surface area (Å²) in [6.07, 6.45) is 1.02. The SMILES string of the molecule is CCOC(=O)C(=O)Nc1sc2c(c1C(=O)OCC)CCC(O)C2. The van der Waals surface area contributed by atoms with Crippen molar-refractivity contribution in [1.82, 2.24) is 0 Å². The molecule has 2 N–H and O–H groups in total. The zero-order chi connectivity index (χ0) is 17.0. The second-order valence-corrected chi connectivity index (χ2v) is 6.10. The number of anilines is 1. The number of thiophene rings is 1. The van der Waals surface area contributed by atoms with Gasteiger partial charge in [0.15, 0.2) is 0 Å². The average molecular weight is 341 g/mol. The molecule has 2 rings (SSSR count). The fraction of sp³-hybridized carbons (Fsp3) is 0.533. The number of fused-ring (bicyclic) bond motifs is 1. The van der Waals surface area contributed by atoms with Crippen LogP contribution in [0.3, 0.4) is 0 Å². The highest BCUT2D eigenvalue weighted by atomic mass is 32.1. The van der Waals surface area contributed by atoms with Crippen molar-refractivity contribution >= 4 is 34.2 Å². The van der Waals surface area contributed by atoms with Crippen LogP contribution in [0.2, 0.25) is 0 Å². The van der Waals surface area contributed by atoms with Crippen molar-refractivity contribution in [2.75, 3.05) is 18.5 Å². The molecule has 7 nitrogen and oxygen atoms in total. The first-order valence-corrected chi connectivity index (χ1v) is 8.27. The Morgan fingerprint density at radius 1 is 1.26 bits per heavy atom. The van der Waals surface area contributed by atoms with Gasteiger partial charge in [-0.2, -0.15) is 0 Å². The van der Waals surface area contributed by atoms with Crippen molar-refractivity contribution in [1.29, 1.82) is 0 Å². The highest BCUT2D eigenvalue weighted by Crippen LogP contribution is 2.38. The molecule has 0 spiro atoms. The lowest BCUT2D eigenvalue weighted by molar-refractivity contribution is -0.152. The van der Waals surface area contributed by atoms with Gasteiger partial charge in [0.25, 0.3) is 0 Å². The molecule has 1 aliphatic carbocycles. The molecule has 126 valence electrons. The molecule has 1 amide bonds. The summed E-state index contributed by atoms with van der Waals surface area (Å²) in [7, 11) is 0. The zero-order valence-corrected chi connectivity index (χ0v) is 13.8. The Morgan fingerprint density at radius 3 is 2.61 bits per heavy atom. The standard InChI is InChI=1S/C15H19NO6S/c1-3-21-14(19)11-9-6-5-8(17)7-10(9)23-13(11)16-12(18)15(20)22-4-2/h8,17H,3-7H2,1-2H3,(H,16,18). The summed E-state index contributed by atoms with van der Waals surface area (Å²) in [4.78, 5) is 36.3. The van der Waals surface area contributed by atoms with E-state index in [1.807, 2.05) is 0 Å². The number of nitrogens with one attached hydrogen (secondary N) is 1. The van der Waals surface area contributed by atoms with E-state index in [4.69, 9.17) is 4.74 Å². The van der Waals surface area contributed by atoms with Crippen LogP contribution in [-0.2, 0) is 31.9 Å². The minimum atomic E-state index is -1.01. The van der Waals surface area contributed by atoms with E-state index in [9.17, 15) is 19.5 Å². The van der Waals surface area contributed by atoms with Crippen LogP contribution >= 0.6 is 11.3 Å². The number of hydrogen-bond donors (Lipinski definition) is 2. The van der Waals surface area contributed by atoms with Crippen molar-refractivity contribution < 1.29 is 29.0 Å².